The number of hydrogen-bond donors (Lipinski definition) is 1. The van der Waals surface area contributed by atoms with Gasteiger partial charge in [0.05, 0.1) is 45.1 Å². The number of hydrogen-bond acceptors (Lipinski definition) is 9. The van der Waals surface area contributed by atoms with E-state index < -0.39 is 0 Å². The van der Waals surface area contributed by atoms with Gasteiger partial charge in [0, 0.05) is 31.5 Å². The summed E-state index contributed by atoms with van der Waals surface area (Å²) in [6, 6.07) is 3.61. The number of benzene rings is 1. The first-order valence-electron chi connectivity index (χ1n) is 8.99. The molecule has 3 heterocycles. The Balaban J connectivity index is 1.65. The summed E-state index contributed by atoms with van der Waals surface area (Å²) in [7, 11) is 4.85. The minimum atomic E-state index is 0.399. The van der Waals surface area contributed by atoms with Crippen LogP contribution in [0.2, 0.25) is 0 Å². The monoisotopic (exact) mass is 385 g/mol. The summed E-state index contributed by atoms with van der Waals surface area (Å²) in [4.78, 5) is 11.3. The molecule has 2 N–H and O–H groups in total. The van der Waals surface area contributed by atoms with Crippen molar-refractivity contribution in [1.82, 2.24) is 25.0 Å². The SMILES string of the molecule is COCCn1nnc2c1CCN(c1nc(N)c3cc(OC)c(OC)cc3n1)C2. The standard InChI is InChI=1S/C18H23N7O3/c1-26-7-6-25-14-4-5-24(10-13(14)22-23-25)18-20-12-9-16(28-3)15(27-2)8-11(12)17(19)21-18/h8-9H,4-7,10H2,1-3H3,(H2,19,20,21). The number of methoxy groups -OCH3 is 3. The van der Waals surface area contributed by atoms with Crippen LogP contribution in [0.4, 0.5) is 11.8 Å². The van der Waals surface area contributed by atoms with E-state index in [0.29, 0.717) is 48.5 Å². The van der Waals surface area contributed by atoms with Crippen molar-refractivity contribution in [2.75, 3.05) is 45.1 Å². The molecule has 2 aromatic heterocycles. The molecular weight excluding hydrogens is 362 g/mol. The lowest BCUT2D eigenvalue weighted by molar-refractivity contribution is 0.181. The average molecular weight is 385 g/mol. The third-order valence-corrected chi connectivity index (χ3v) is 4.89. The molecule has 0 atom stereocenters. The number of rotatable bonds is 6. The van der Waals surface area contributed by atoms with Gasteiger partial charge >= 0.3 is 0 Å². The molecule has 0 unspecified atom stereocenters. The Bertz CT molecular complexity index is 1000. The number of nitrogen functional groups attached to an aromatic ring is 1. The van der Waals surface area contributed by atoms with E-state index >= 15 is 0 Å². The highest BCUT2D eigenvalue weighted by molar-refractivity contribution is 5.91. The molecule has 10 heteroatoms. The number of anilines is 2. The molecular formula is C18H23N7O3. The molecule has 4 rings (SSSR count). The summed E-state index contributed by atoms with van der Waals surface area (Å²) in [5, 5.41) is 9.28. The van der Waals surface area contributed by atoms with Gasteiger partial charge in [-0.05, 0) is 6.07 Å². The van der Waals surface area contributed by atoms with Crippen LogP contribution >= 0.6 is 0 Å². The van der Waals surface area contributed by atoms with Gasteiger partial charge in [0.2, 0.25) is 5.95 Å². The molecule has 0 saturated heterocycles. The Morgan fingerprint density at radius 2 is 1.89 bits per heavy atom. The van der Waals surface area contributed by atoms with Crippen molar-refractivity contribution in [1.29, 1.82) is 0 Å². The van der Waals surface area contributed by atoms with Crippen molar-refractivity contribution >= 4 is 22.7 Å². The van der Waals surface area contributed by atoms with Gasteiger partial charge < -0.3 is 24.8 Å². The minimum Gasteiger partial charge on any atom is -0.493 e. The van der Waals surface area contributed by atoms with Gasteiger partial charge in [-0.2, -0.15) is 4.98 Å². The van der Waals surface area contributed by atoms with Gasteiger partial charge in [-0.1, -0.05) is 5.21 Å². The first-order valence-corrected chi connectivity index (χ1v) is 8.99. The molecule has 0 radical (unpaired) electrons. The van der Waals surface area contributed by atoms with E-state index in [1.165, 1.54) is 0 Å². The molecule has 1 aliphatic rings. The second-order valence-electron chi connectivity index (χ2n) is 6.50. The topological polar surface area (TPSA) is 113 Å². The Labute approximate surface area is 162 Å². The smallest absolute Gasteiger partial charge is 0.228 e. The van der Waals surface area contributed by atoms with E-state index in [9.17, 15) is 0 Å². The lowest BCUT2D eigenvalue weighted by Crippen LogP contribution is -2.33. The summed E-state index contributed by atoms with van der Waals surface area (Å²) in [5.41, 5.74) is 8.98. The maximum Gasteiger partial charge on any atom is 0.228 e. The van der Waals surface area contributed by atoms with E-state index in [4.69, 9.17) is 24.9 Å². The predicted octanol–water partition coefficient (Wildman–Crippen LogP) is 1.03. The summed E-state index contributed by atoms with van der Waals surface area (Å²) in [6.45, 7) is 2.64. The summed E-state index contributed by atoms with van der Waals surface area (Å²) in [5.74, 6) is 2.15. The maximum atomic E-state index is 6.21. The van der Waals surface area contributed by atoms with E-state index in [-0.39, 0.29) is 0 Å². The fraction of sp³-hybridized carbons (Fsp3) is 0.444. The number of nitrogens with two attached hydrogens (primary N) is 1. The molecule has 1 aliphatic heterocycles. The molecule has 148 valence electrons. The Morgan fingerprint density at radius 1 is 1.11 bits per heavy atom. The number of nitrogens with zero attached hydrogens (tertiary/aromatic N) is 6. The Kier molecular flexibility index (Phi) is 4.86. The Morgan fingerprint density at radius 3 is 2.64 bits per heavy atom. The molecule has 10 nitrogen and oxygen atoms in total. The molecule has 0 fully saturated rings. The van der Waals surface area contributed by atoms with Crippen LogP contribution in [0.5, 0.6) is 11.5 Å². The molecule has 1 aromatic carbocycles. The van der Waals surface area contributed by atoms with Crippen molar-refractivity contribution in [3.8, 4) is 11.5 Å². The zero-order chi connectivity index (χ0) is 19.7. The number of ether oxygens (including phenoxy) is 3. The van der Waals surface area contributed by atoms with Crippen LogP contribution in [0, 0.1) is 0 Å². The van der Waals surface area contributed by atoms with Crippen LogP contribution in [0.3, 0.4) is 0 Å². The van der Waals surface area contributed by atoms with Gasteiger partial charge in [-0.15, -0.1) is 5.10 Å². The molecule has 0 saturated carbocycles. The first kappa shape index (κ1) is 18.2. The lowest BCUT2D eigenvalue weighted by Gasteiger charge is -2.26. The van der Waals surface area contributed by atoms with Crippen molar-refractivity contribution in [3.63, 3.8) is 0 Å². The minimum absolute atomic E-state index is 0.399. The molecule has 0 aliphatic carbocycles. The summed E-state index contributed by atoms with van der Waals surface area (Å²) in [6.07, 6.45) is 0.805. The molecule has 0 amide bonds. The second kappa shape index (κ2) is 7.47. The fourth-order valence-electron chi connectivity index (χ4n) is 3.40. The van der Waals surface area contributed by atoms with Gasteiger partial charge in [0.15, 0.2) is 11.5 Å². The van der Waals surface area contributed by atoms with Crippen LogP contribution < -0.4 is 20.1 Å². The second-order valence-corrected chi connectivity index (χ2v) is 6.50. The fourth-order valence-corrected chi connectivity index (χ4v) is 3.40. The summed E-state index contributed by atoms with van der Waals surface area (Å²) < 4.78 is 17.8. The van der Waals surface area contributed by atoms with Gasteiger partial charge in [-0.3, -0.25) is 0 Å². The van der Waals surface area contributed by atoms with Crippen LogP contribution in [-0.4, -0.2) is 59.4 Å². The first-order chi connectivity index (χ1) is 13.6. The largest absolute Gasteiger partial charge is 0.493 e. The lowest BCUT2D eigenvalue weighted by atomic mass is 10.1. The molecule has 0 bridgehead atoms. The van der Waals surface area contributed by atoms with E-state index in [0.717, 1.165) is 29.7 Å². The highest BCUT2D eigenvalue weighted by Crippen LogP contribution is 2.34. The molecule has 28 heavy (non-hydrogen) atoms. The third kappa shape index (κ3) is 3.15. The van der Waals surface area contributed by atoms with E-state index in [1.807, 2.05) is 10.7 Å². The van der Waals surface area contributed by atoms with Gasteiger partial charge in [-0.25, -0.2) is 9.67 Å². The van der Waals surface area contributed by atoms with Crippen molar-refractivity contribution in [2.45, 2.75) is 19.5 Å². The highest BCUT2D eigenvalue weighted by Gasteiger charge is 2.24. The highest BCUT2D eigenvalue weighted by atomic mass is 16.5. The average Bonchev–Trinajstić information content (AvgIpc) is 3.13. The van der Waals surface area contributed by atoms with E-state index in [2.05, 4.69) is 20.2 Å². The van der Waals surface area contributed by atoms with Crippen LogP contribution in [0.15, 0.2) is 12.1 Å². The molecule has 3 aromatic rings. The van der Waals surface area contributed by atoms with Crippen LogP contribution in [0.25, 0.3) is 10.9 Å². The molecule has 0 spiro atoms. The zero-order valence-electron chi connectivity index (χ0n) is 16.2. The van der Waals surface area contributed by atoms with Crippen molar-refractivity contribution in [2.24, 2.45) is 0 Å². The van der Waals surface area contributed by atoms with Crippen LogP contribution in [0.1, 0.15) is 11.4 Å². The predicted molar refractivity (Wildman–Crippen MR) is 104 cm³/mol. The normalized spacial score (nSPS) is 13.6. The quantitative estimate of drug-likeness (QED) is 0.664. The number of aromatic nitrogens is 5. The third-order valence-electron chi connectivity index (χ3n) is 4.89. The van der Waals surface area contributed by atoms with Gasteiger partial charge in [0.1, 0.15) is 11.5 Å². The van der Waals surface area contributed by atoms with Gasteiger partial charge in [0.25, 0.3) is 0 Å². The zero-order valence-corrected chi connectivity index (χ0v) is 16.2. The van der Waals surface area contributed by atoms with Crippen LogP contribution in [-0.2, 0) is 24.2 Å². The van der Waals surface area contributed by atoms with E-state index in [1.54, 1.807) is 27.4 Å². The Hall–Kier alpha value is -3.14. The summed E-state index contributed by atoms with van der Waals surface area (Å²) >= 11 is 0. The number of fused-ring (bicyclic) bond motifs is 2. The maximum absolute atomic E-state index is 6.21. The van der Waals surface area contributed by atoms with Crippen molar-refractivity contribution in [3.05, 3.63) is 23.5 Å². The van der Waals surface area contributed by atoms with Crippen molar-refractivity contribution < 1.29 is 14.2 Å².